The zero-order valence-corrected chi connectivity index (χ0v) is 31.4. The topological polar surface area (TPSA) is 111 Å². The third kappa shape index (κ3) is 5.35. The average molecular weight is 782 g/mol. The van der Waals surface area contributed by atoms with E-state index >= 15 is 0 Å². The molecule has 60 heavy (non-hydrogen) atoms. The summed E-state index contributed by atoms with van der Waals surface area (Å²) in [6.07, 6.45) is 2.56. The van der Waals surface area contributed by atoms with Gasteiger partial charge in [0, 0.05) is 69.0 Å². The molecule has 0 bridgehead atoms. The largest absolute Gasteiger partial charge is 0.457 e. The highest BCUT2D eigenvalue weighted by molar-refractivity contribution is 6.11. The first-order valence-electron chi connectivity index (χ1n) is 19.2. The second-order valence-electron chi connectivity index (χ2n) is 14.3. The molecule has 0 unspecified atom stereocenters. The SMILES string of the molecule is Fc1nnc(-n2c3cc(Oc4ccc5c6ccccc6n(-c6ccccn6)c5c4)ccc3c3ccc(Oc4ccc5c6ccccc6n(-c6ccccn6)c5c4)cc32)nn1. The molecule has 0 amide bonds. The summed E-state index contributed by atoms with van der Waals surface area (Å²) in [5, 5.41) is 21.6. The highest BCUT2D eigenvalue weighted by Crippen LogP contribution is 2.40. The molecular formula is C48H28FN9O2. The van der Waals surface area contributed by atoms with Gasteiger partial charge < -0.3 is 9.47 Å². The molecule has 12 heteroatoms. The third-order valence-electron chi connectivity index (χ3n) is 10.9. The number of nitrogens with zero attached hydrogens (tertiary/aromatic N) is 9. The van der Waals surface area contributed by atoms with Gasteiger partial charge in [0.1, 0.15) is 34.6 Å². The van der Waals surface area contributed by atoms with E-state index in [2.05, 4.69) is 75.9 Å². The van der Waals surface area contributed by atoms with E-state index in [0.717, 1.165) is 66.0 Å². The van der Waals surface area contributed by atoms with E-state index in [0.29, 0.717) is 34.0 Å². The molecule has 0 spiro atoms. The lowest BCUT2D eigenvalue weighted by atomic mass is 10.1. The molecule has 284 valence electrons. The summed E-state index contributed by atoms with van der Waals surface area (Å²) in [6, 6.07) is 52.1. The van der Waals surface area contributed by atoms with Crippen molar-refractivity contribution >= 4 is 65.4 Å². The van der Waals surface area contributed by atoms with Crippen LogP contribution in [0.3, 0.4) is 0 Å². The van der Waals surface area contributed by atoms with E-state index in [1.54, 1.807) is 17.0 Å². The van der Waals surface area contributed by atoms with E-state index in [9.17, 15) is 4.39 Å². The zero-order chi connectivity index (χ0) is 39.7. The van der Waals surface area contributed by atoms with Gasteiger partial charge in [-0.25, -0.2) is 9.97 Å². The van der Waals surface area contributed by atoms with Crippen LogP contribution in [0, 0.1) is 6.08 Å². The van der Waals surface area contributed by atoms with Gasteiger partial charge in [-0.3, -0.25) is 13.7 Å². The predicted octanol–water partition coefficient (Wildman–Crippen LogP) is 11.1. The Morgan fingerprint density at radius 1 is 0.350 bits per heavy atom. The van der Waals surface area contributed by atoms with Crippen LogP contribution in [-0.4, -0.2) is 44.1 Å². The Hall–Kier alpha value is -8.51. The predicted molar refractivity (Wildman–Crippen MR) is 229 cm³/mol. The molecule has 0 atom stereocenters. The van der Waals surface area contributed by atoms with Gasteiger partial charge in [0.2, 0.25) is 0 Å². The van der Waals surface area contributed by atoms with Crippen molar-refractivity contribution in [3.63, 3.8) is 0 Å². The van der Waals surface area contributed by atoms with E-state index in [1.807, 2.05) is 121 Å². The molecule has 12 rings (SSSR count). The molecule has 0 N–H and O–H groups in total. The van der Waals surface area contributed by atoms with Gasteiger partial charge in [0.25, 0.3) is 5.95 Å². The van der Waals surface area contributed by atoms with Crippen LogP contribution in [0.25, 0.3) is 83.0 Å². The number of hydrogen-bond acceptors (Lipinski definition) is 8. The molecule has 0 aliphatic heterocycles. The van der Waals surface area contributed by atoms with Gasteiger partial charge >= 0.3 is 6.08 Å². The van der Waals surface area contributed by atoms with Crippen molar-refractivity contribution < 1.29 is 13.9 Å². The van der Waals surface area contributed by atoms with Crippen molar-refractivity contribution in [3.05, 3.63) is 176 Å². The minimum absolute atomic E-state index is 0.0910. The number of rotatable bonds is 7. The molecule has 11 nitrogen and oxygen atoms in total. The number of para-hydroxylation sites is 2. The van der Waals surface area contributed by atoms with Crippen LogP contribution in [0.1, 0.15) is 0 Å². The fraction of sp³-hybridized carbons (Fsp3) is 0. The monoisotopic (exact) mass is 781 g/mol. The van der Waals surface area contributed by atoms with Crippen LogP contribution in [0.5, 0.6) is 23.0 Å². The van der Waals surface area contributed by atoms with E-state index < -0.39 is 6.08 Å². The number of fused-ring (bicyclic) bond motifs is 9. The number of ether oxygens (including phenoxy) is 2. The minimum atomic E-state index is -1.02. The first-order chi connectivity index (χ1) is 29.6. The maximum absolute atomic E-state index is 14.0. The van der Waals surface area contributed by atoms with Gasteiger partial charge in [-0.1, -0.05) is 58.7 Å². The van der Waals surface area contributed by atoms with E-state index in [-0.39, 0.29) is 5.95 Å². The van der Waals surface area contributed by atoms with Crippen molar-refractivity contribution in [1.82, 2.24) is 44.1 Å². The lowest BCUT2D eigenvalue weighted by molar-refractivity contribution is 0.483. The van der Waals surface area contributed by atoms with Crippen LogP contribution in [0.15, 0.2) is 170 Å². The number of pyridine rings is 2. The summed E-state index contributed by atoms with van der Waals surface area (Å²) in [4.78, 5) is 9.32. The second-order valence-corrected chi connectivity index (χ2v) is 14.3. The Kier molecular flexibility index (Phi) is 7.44. The molecule has 0 radical (unpaired) electrons. The standard InChI is InChI=1S/C48H28FN9O2/c49-47-52-54-48(55-53-47)58-43-27-31(59-29-15-19-35-33-9-1-3-11-39(33)56(41(35)25-29)45-13-5-7-23-50-45)17-21-37(43)38-22-18-32(28-44(38)58)60-30-16-20-36-34-10-2-4-12-40(34)57(42(36)26-30)46-14-6-8-24-51-46/h1-28H. The van der Waals surface area contributed by atoms with Crippen LogP contribution >= 0.6 is 0 Å². The molecule has 6 aromatic carbocycles. The first kappa shape index (κ1) is 33.6. The van der Waals surface area contributed by atoms with Crippen molar-refractivity contribution in [2.45, 2.75) is 0 Å². The zero-order valence-electron chi connectivity index (χ0n) is 31.4. The van der Waals surface area contributed by atoms with Crippen molar-refractivity contribution in [2.75, 3.05) is 0 Å². The quantitative estimate of drug-likeness (QED) is 0.157. The molecule has 0 saturated carbocycles. The Morgan fingerprint density at radius 3 is 1.12 bits per heavy atom. The van der Waals surface area contributed by atoms with Gasteiger partial charge in [-0.2, -0.15) is 4.39 Å². The average Bonchev–Trinajstić information content (AvgIpc) is 3.92. The minimum Gasteiger partial charge on any atom is -0.457 e. The van der Waals surface area contributed by atoms with Gasteiger partial charge in [0.05, 0.1) is 33.1 Å². The Balaban J connectivity index is 0.961. The molecule has 0 aliphatic rings. The van der Waals surface area contributed by atoms with Crippen molar-refractivity contribution in [2.24, 2.45) is 0 Å². The summed E-state index contributed by atoms with van der Waals surface area (Å²) < 4.78 is 33.2. The van der Waals surface area contributed by atoms with Crippen LogP contribution in [0.2, 0.25) is 0 Å². The third-order valence-corrected chi connectivity index (χ3v) is 10.9. The second kappa shape index (κ2) is 13.3. The Morgan fingerprint density at radius 2 is 0.717 bits per heavy atom. The Labute approximate surface area is 339 Å². The Bertz CT molecular complexity index is 3410. The highest BCUT2D eigenvalue weighted by atomic mass is 19.1. The fourth-order valence-corrected chi connectivity index (χ4v) is 8.39. The summed E-state index contributed by atoms with van der Waals surface area (Å²) in [5.74, 6) is 4.13. The molecule has 0 saturated heterocycles. The smallest absolute Gasteiger partial charge is 0.346 e. The summed E-state index contributed by atoms with van der Waals surface area (Å²) in [7, 11) is 0. The van der Waals surface area contributed by atoms with Gasteiger partial charge in [-0.15, -0.1) is 10.2 Å². The maximum Gasteiger partial charge on any atom is 0.346 e. The maximum atomic E-state index is 14.0. The number of hydrogen-bond donors (Lipinski definition) is 0. The van der Waals surface area contributed by atoms with Crippen molar-refractivity contribution in [1.29, 1.82) is 0 Å². The first-order valence-corrected chi connectivity index (χ1v) is 19.2. The fourth-order valence-electron chi connectivity index (χ4n) is 8.39. The summed E-state index contributed by atoms with van der Waals surface area (Å²) in [5.41, 5.74) is 5.44. The normalized spacial score (nSPS) is 11.8. The van der Waals surface area contributed by atoms with Gasteiger partial charge in [0.15, 0.2) is 0 Å². The molecule has 0 fully saturated rings. The molecule has 6 heterocycles. The lowest BCUT2D eigenvalue weighted by Crippen LogP contribution is -2.06. The van der Waals surface area contributed by atoms with Crippen LogP contribution in [-0.2, 0) is 0 Å². The molecule has 12 aromatic rings. The van der Waals surface area contributed by atoms with E-state index in [1.165, 1.54) is 0 Å². The number of aromatic nitrogens is 9. The molecular weight excluding hydrogens is 754 g/mol. The highest BCUT2D eigenvalue weighted by Gasteiger charge is 2.20. The lowest BCUT2D eigenvalue weighted by Gasteiger charge is -2.10. The van der Waals surface area contributed by atoms with E-state index in [4.69, 9.17) is 9.47 Å². The summed E-state index contributed by atoms with van der Waals surface area (Å²) in [6.45, 7) is 0. The summed E-state index contributed by atoms with van der Waals surface area (Å²) >= 11 is 0. The van der Waals surface area contributed by atoms with Gasteiger partial charge in [-0.05, 0) is 84.9 Å². The molecule has 0 aliphatic carbocycles. The van der Waals surface area contributed by atoms with Crippen LogP contribution in [0.4, 0.5) is 4.39 Å². The van der Waals surface area contributed by atoms with Crippen LogP contribution < -0.4 is 9.47 Å². The van der Waals surface area contributed by atoms with Crippen molar-refractivity contribution in [3.8, 4) is 40.6 Å². The number of halogens is 1. The molecule has 6 aromatic heterocycles. The number of benzene rings is 6.